The fraction of sp³-hybridized carbons (Fsp3) is 0.923. The van der Waals surface area contributed by atoms with Crippen molar-refractivity contribution in [2.24, 2.45) is 46.3 Å². The molecule has 4 aliphatic carbocycles. The van der Waals surface area contributed by atoms with Crippen LogP contribution in [0.4, 0.5) is 4.79 Å². The lowest BCUT2D eigenvalue weighted by Crippen LogP contribution is -2.51. The van der Waals surface area contributed by atoms with Crippen LogP contribution in [-0.4, -0.2) is 60.7 Å². The predicted octanol–water partition coefficient (Wildman–Crippen LogP) is 8.17. The van der Waals surface area contributed by atoms with Crippen molar-refractivity contribution in [1.82, 2.24) is 5.32 Å². The van der Waals surface area contributed by atoms with Gasteiger partial charge in [-0.05, 0) is 104 Å². The van der Waals surface area contributed by atoms with E-state index in [1.165, 1.54) is 51.4 Å². The minimum absolute atomic E-state index is 0.00816. The number of fused-ring (bicyclic) bond motifs is 5. The summed E-state index contributed by atoms with van der Waals surface area (Å²) in [6, 6.07) is 0. The van der Waals surface area contributed by atoms with Crippen molar-refractivity contribution < 1.29 is 29.2 Å². The molecule has 1 aliphatic heterocycles. The van der Waals surface area contributed by atoms with Crippen LogP contribution in [0, 0.1) is 46.3 Å². The molecule has 4 fully saturated rings. The molecular weight excluding hydrogens is 578 g/mol. The zero-order valence-corrected chi connectivity index (χ0v) is 29.8. The van der Waals surface area contributed by atoms with Crippen molar-refractivity contribution >= 4 is 6.09 Å². The van der Waals surface area contributed by atoms with E-state index in [1.807, 2.05) is 0 Å². The molecule has 1 saturated heterocycles. The van der Waals surface area contributed by atoms with Crippen LogP contribution in [0.5, 0.6) is 0 Å². The lowest BCUT2D eigenvalue weighted by molar-refractivity contribution is -0.143. The SMILES string of the molecule is CC(C)CCC[C@@H](C)[C@H]1CC[C@H]2C3CC=C4C[C@@H](OC(=O)NCCCCCCOC5CC(O)[C@@H](CO)O5)CC[C@]4(C)[C@H]3CC[C@]12C. The molecule has 0 radical (unpaired) electrons. The standard InChI is InChI=1S/C39H67NO6/c1-26(2)11-10-12-27(3)31-15-16-32-30-14-13-28-23-29(17-19-38(28,4)33(30)18-20-39(31,32)5)45-37(43)40-21-8-6-7-9-22-44-36-24-34(42)35(25-41)46-36/h13,26-27,29-36,41-42H,6-12,14-25H2,1-5H3,(H,40,43)/t27-,29+,30?,31-,32+,33+,34?,35-,36?,38+,39-/m1/s1. The first-order valence-electron chi connectivity index (χ1n) is 19.2. The van der Waals surface area contributed by atoms with Crippen molar-refractivity contribution in [1.29, 1.82) is 0 Å². The molecule has 0 aromatic rings. The van der Waals surface area contributed by atoms with E-state index < -0.39 is 18.5 Å². The maximum Gasteiger partial charge on any atom is 0.407 e. The summed E-state index contributed by atoms with van der Waals surface area (Å²) in [4.78, 5) is 12.7. The summed E-state index contributed by atoms with van der Waals surface area (Å²) in [5.74, 6) is 5.06. The van der Waals surface area contributed by atoms with Gasteiger partial charge in [0.1, 0.15) is 12.2 Å². The molecule has 7 heteroatoms. The van der Waals surface area contributed by atoms with Gasteiger partial charge in [-0.3, -0.25) is 0 Å². The van der Waals surface area contributed by atoms with Gasteiger partial charge in [0.25, 0.3) is 0 Å². The Morgan fingerprint density at radius 3 is 2.59 bits per heavy atom. The quantitative estimate of drug-likeness (QED) is 0.123. The summed E-state index contributed by atoms with van der Waals surface area (Å²) >= 11 is 0. The molecular formula is C39H67NO6. The van der Waals surface area contributed by atoms with Crippen LogP contribution >= 0.6 is 0 Å². The lowest BCUT2D eigenvalue weighted by Gasteiger charge is -2.58. The van der Waals surface area contributed by atoms with Gasteiger partial charge in [0.05, 0.1) is 12.7 Å². The number of nitrogens with one attached hydrogen (secondary N) is 1. The molecule has 0 aromatic carbocycles. The van der Waals surface area contributed by atoms with Crippen molar-refractivity contribution in [3.05, 3.63) is 11.6 Å². The Kier molecular flexibility index (Phi) is 12.6. The molecule has 0 bridgehead atoms. The Balaban J connectivity index is 1.01. The Morgan fingerprint density at radius 1 is 1.02 bits per heavy atom. The highest BCUT2D eigenvalue weighted by atomic mass is 16.7. The van der Waals surface area contributed by atoms with Crippen LogP contribution in [0.1, 0.15) is 137 Å². The molecule has 5 aliphatic rings. The van der Waals surface area contributed by atoms with Crippen molar-refractivity contribution in [2.45, 2.75) is 162 Å². The average molecular weight is 646 g/mol. The van der Waals surface area contributed by atoms with Gasteiger partial charge in [-0.25, -0.2) is 4.79 Å². The number of alkyl carbamates (subject to hydrolysis) is 1. The number of unbranched alkanes of at least 4 members (excludes halogenated alkanes) is 3. The molecule has 1 heterocycles. The maximum absolute atomic E-state index is 12.7. The van der Waals surface area contributed by atoms with Crippen molar-refractivity contribution in [3.63, 3.8) is 0 Å². The molecule has 3 unspecified atom stereocenters. The largest absolute Gasteiger partial charge is 0.446 e. The first-order valence-corrected chi connectivity index (χ1v) is 19.2. The number of aliphatic hydroxyl groups is 2. The van der Waals surface area contributed by atoms with Crippen LogP contribution in [-0.2, 0) is 14.2 Å². The topological polar surface area (TPSA) is 97.3 Å². The van der Waals surface area contributed by atoms with E-state index in [9.17, 15) is 9.90 Å². The molecule has 5 rings (SSSR count). The summed E-state index contributed by atoms with van der Waals surface area (Å²) in [6.07, 6.45) is 19.0. The Labute approximate surface area is 280 Å². The van der Waals surface area contributed by atoms with Crippen molar-refractivity contribution in [3.8, 4) is 0 Å². The zero-order chi connectivity index (χ0) is 32.9. The van der Waals surface area contributed by atoms with E-state index in [4.69, 9.17) is 19.3 Å². The molecule has 3 N–H and O–H groups in total. The monoisotopic (exact) mass is 645 g/mol. The summed E-state index contributed by atoms with van der Waals surface area (Å²) in [6.45, 7) is 13.5. The van der Waals surface area contributed by atoms with Gasteiger partial charge in [0.15, 0.2) is 6.29 Å². The number of amides is 1. The minimum atomic E-state index is -0.655. The number of allylic oxidation sites excluding steroid dienone is 1. The maximum atomic E-state index is 12.7. The lowest BCUT2D eigenvalue weighted by atomic mass is 9.47. The summed E-state index contributed by atoms with van der Waals surface area (Å²) < 4.78 is 17.1. The number of carbonyl (C=O) groups excluding carboxylic acids is 1. The predicted molar refractivity (Wildman–Crippen MR) is 182 cm³/mol. The first kappa shape index (κ1) is 36.1. The first-order chi connectivity index (χ1) is 22.0. The average Bonchev–Trinajstić information content (AvgIpc) is 3.56. The highest BCUT2D eigenvalue weighted by molar-refractivity contribution is 5.67. The summed E-state index contributed by atoms with van der Waals surface area (Å²) in [5, 5.41) is 21.9. The number of hydrogen-bond acceptors (Lipinski definition) is 6. The van der Waals surface area contributed by atoms with E-state index in [1.54, 1.807) is 5.57 Å². The second-order valence-corrected chi connectivity index (χ2v) is 16.9. The summed E-state index contributed by atoms with van der Waals surface area (Å²) in [7, 11) is 0. The van der Waals surface area contributed by atoms with Gasteiger partial charge in [0, 0.05) is 26.0 Å². The Hall–Kier alpha value is -1.15. The zero-order valence-electron chi connectivity index (χ0n) is 29.8. The van der Waals surface area contributed by atoms with Gasteiger partial charge < -0.3 is 29.7 Å². The Bertz CT molecular complexity index is 1020. The molecule has 1 amide bonds. The molecule has 3 saturated carbocycles. The van der Waals surface area contributed by atoms with Crippen molar-refractivity contribution in [2.75, 3.05) is 19.8 Å². The fourth-order valence-corrected chi connectivity index (χ4v) is 10.9. The minimum Gasteiger partial charge on any atom is -0.446 e. The number of aliphatic hydroxyl groups excluding tert-OH is 2. The van der Waals surface area contributed by atoms with Crippen LogP contribution in [0.3, 0.4) is 0 Å². The van der Waals surface area contributed by atoms with Crippen LogP contribution in [0.25, 0.3) is 0 Å². The smallest absolute Gasteiger partial charge is 0.407 e. The van der Waals surface area contributed by atoms with Gasteiger partial charge in [-0.2, -0.15) is 0 Å². The molecule has 11 atom stereocenters. The molecule has 0 aromatic heterocycles. The molecule has 46 heavy (non-hydrogen) atoms. The fourth-order valence-electron chi connectivity index (χ4n) is 10.9. The number of carbonyl (C=O) groups is 1. The molecule has 264 valence electrons. The van der Waals surface area contributed by atoms with E-state index in [2.05, 4.69) is 46.0 Å². The third-order valence-corrected chi connectivity index (χ3v) is 13.5. The highest BCUT2D eigenvalue weighted by Crippen LogP contribution is 2.67. The van der Waals surface area contributed by atoms with E-state index in [0.29, 0.717) is 25.0 Å². The van der Waals surface area contributed by atoms with Crippen LogP contribution in [0.15, 0.2) is 11.6 Å². The summed E-state index contributed by atoms with van der Waals surface area (Å²) in [5.41, 5.74) is 2.37. The van der Waals surface area contributed by atoms with E-state index in [0.717, 1.165) is 80.5 Å². The van der Waals surface area contributed by atoms with Gasteiger partial charge in [-0.15, -0.1) is 0 Å². The third kappa shape index (κ3) is 8.17. The van der Waals surface area contributed by atoms with Crippen LogP contribution < -0.4 is 5.32 Å². The molecule has 7 nitrogen and oxygen atoms in total. The van der Waals surface area contributed by atoms with E-state index >= 15 is 0 Å². The van der Waals surface area contributed by atoms with Crippen LogP contribution in [0.2, 0.25) is 0 Å². The second kappa shape index (κ2) is 16.0. The van der Waals surface area contributed by atoms with Gasteiger partial charge in [-0.1, -0.05) is 78.4 Å². The van der Waals surface area contributed by atoms with E-state index in [-0.39, 0.29) is 24.2 Å². The number of rotatable bonds is 15. The second-order valence-electron chi connectivity index (χ2n) is 16.9. The van der Waals surface area contributed by atoms with Gasteiger partial charge in [0.2, 0.25) is 0 Å². The highest BCUT2D eigenvalue weighted by Gasteiger charge is 2.59. The molecule has 0 spiro atoms. The van der Waals surface area contributed by atoms with Gasteiger partial charge >= 0.3 is 6.09 Å². The normalized spacial score (nSPS) is 39.3. The number of hydrogen-bond donors (Lipinski definition) is 3. The number of ether oxygens (including phenoxy) is 3. The third-order valence-electron chi connectivity index (χ3n) is 13.5. The Morgan fingerprint density at radius 2 is 1.83 bits per heavy atom.